The lowest BCUT2D eigenvalue weighted by Gasteiger charge is -2.07. The van der Waals surface area contributed by atoms with Crippen LogP contribution >= 0.6 is 0 Å². The highest BCUT2D eigenvalue weighted by molar-refractivity contribution is 6.08. The molecule has 8 nitrogen and oxygen atoms in total. The second-order valence-electron chi connectivity index (χ2n) is 7.27. The molecule has 156 valence electrons. The molecule has 8 heteroatoms. The smallest absolute Gasteiger partial charge is 0.274 e. The molecule has 0 atom stereocenters. The molecule has 0 fully saturated rings. The number of nitrogens with one attached hydrogen (secondary N) is 3. The fourth-order valence-corrected chi connectivity index (χ4v) is 3.39. The van der Waals surface area contributed by atoms with E-state index in [1.54, 1.807) is 36.9 Å². The van der Waals surface area contributed by atoms with Gasteiger partial charge in [0.1, 0.15) is 11.2 Å². The van der Waals surface area contributed by atoms with E-state index in [9.17, 15) is 14.4 Å². The lowest BCUT2D eigenvalue weighted by molar-refractivity contribution is 0.0706. The number of aromatic nitrogens is 2. The first-order chi connectivity index (χ1) is 14.9. The van der Waals surface area contributed by atoms with Crippen molar-refractivity contribution in [2.75, 3.05) is 5.32 Å². The van der Waals surface area contributed by atoms with Crippen LogP contribution in [0.1, 0.15) is 26.4 Å². The molecular formula is C23H20N4O4. The number of amides is 2. The molecule has 0 unspecified atom stereocenters. The summed E-state index contributed by atoms with van der Waals surface area (Å²) in [4.78, 5) is 39.8. The van der Waals surface area contributed by atoms with E-state index in [0.717, 1.165) is 16.7 Å². The van der Waals surface area contributed by atoms with Gasteiger partial charge >= 0.3 is 0 Å². The van der Waals surface area contributed by atoms with E-state index in [-0.39, 0.29) is 16.8 Å². The summed E-state index contributed by atoms with van der Waals surface area (Å²) in [7, 11) is 1.67. The number of hydroxylamine groups is 1. The summed E-state index contributed by atoms with van der Waals surface area (Å²) in [5, 5.41) is 12.1. The third kappa shape index (κ3) is 3.84. The van der Waals surface area contributed by atoms with Crippen LogP contribution in [0.15, 0.2) is 65.6 Å². The molecule has 2 aromatic carbocycles. The van der Waals surface area contributed by atoms with Crippen molar-refractivity contribution in [3.8, 4) is 11.1 Å². The molecule has 0 aliphatic heterocycles. The molecule has 0 aliphatic carbocycles. The number of fused-ring (bicyclic) bond motifs is 1. The zero-order chi connectivity index (χ0) is 22.1. The highest BCUT2D eigenvalue weighted by Crippen LogP contribution is 2.28. The topological polar surface area (TPSA) is 116 Å². The van der Waals surface area contributed by atoms with E-state index >= 15 is 0 Å². The zero-order valence-electron chi connectivity index (χ0n) is 16.9. The second kappa shape index (κ2) is 7.92. The van der Waals surface area contributed by atoms with Crippen LogP contribution < -0.4 is 16.4 Å². The molecule has 2 heterocycles. The third-order valence-corrected chi connectivity index (χ3v) is 5.08. The standard InChI is InChI=1S/C23H20N4O4/c1-13-3-5-14(6-4-13)18-12-27(2)23(30)20-17(18)11-19(25-20)22(29)24-16-9-7-15(8-10-16)21(28)26-31/h3-12,25,31H,1-2H3,(H,24,29)(H,26,28). The Hall–Kier alpha value is -4.17. The van der Waals surface area contributed by atoms with Gasteiger partial charge < -0.3 is 14.9 Å². The van der Waals surface area contributed by atoms with Gasteiger partial charge in [0.2, 0.25) is 0 Å². The number of pyridine rings is 1. The number of nitrogens with zero attached hydrogens (tertiary/aromatic N) is 1. The lowest BCUT2D eigenvalue weighted by Crippen LogP contribution is -2.18. The molecule has 2 aromatic heterocycles. The maximum absolute atomic E-state index is 12.8. The molecule has 0 spiro atoms. The Kier molecular flexibility index (Phi) is 5.14. The third-order valence-electron chi connectivity index (χ3n) is 5.08. The number of aryl methyl sites for hydroxylation is 2. The van der Waals surface area contributed by atoms with Gasteiger partial charge in [0.25, 0.3) is 17.4 Å². The monoisotopic (exact) mass is 416 g/mol. The Morgan fingerprint density at radius 2 is 1.68 bits per heavy atom. The molecule has 4 aromatic rings. The summed E-state index contributed by atoms with van der Waals surface area (Å²) >= 11 is 0. The molecule has 2 amide bonds. The van der Waals surface area contributed by atoms with Crippen LogP contribution in [0.2, 0.25) is 0 Å². The first-order valence-electron chi connectivity index (χ1n) is 9.52. The summed E-state index contributed by atoms with van der Waals surface area (Å²) in [5.74, 6) is -1.07. The van der Waals surface area contributed by atoms with Crippen molar-refractivity contribution in [3.63, 3.8) is 0 Å². The van der Waals surface area contributed by atoms with Crippen LogP contribution in [-0.4, -0.2) is 26.6 Å². The number of rotatable bonds is 4. The average molecular weight is 416 g/mol. The highest BCUT2D eigenvalue weighted by atomic mass is 16.5. The number of hydrogen-bond acceptors (Lipinski definition) is 4. The molecule has 0 aliphatic rings. The van der Waals surface area contributed by atoms with Gasteiger partial charge in [-0.25, -0.2) is 5.48 Å². The van der Waals surface area contributed by atoms with Gasteiger partial charge in [-0.1, -0.05) is 29.8 Å². The Morgan fingerprint density at radius 3 is 2.32 bits per heavy atom. The molecule has 0 radical (unpaired) electrons. The summed E-state index contributed by atoms with van der Waals surface area (Å²) in [5.41, 5.74) is 5.52. The summed E-state index contributed by atoms with van der Waals surface area (Å²) in [6, 6.07) is 15.6. The van der Waals surface area contributed by atoms with Crippen LogP contribution in [0.3, 0.4) is 0 Å². The van der Waals surface area contributed by atoms with Crippen LogP contribution in [0.25, 0.3) is 22.0 Å². The van der Waals surface area contributed by atoms with Gasteiger partial charge in [-0.3, -0.25) is 19.6 Å². The van der Waals surface area contributed by atoms with E-state index in [1.807, 2.05) is 31.2 Å². The molecular weight excluding hydrogens is 396 g/mol. The van der Waals surface area contributed by atoms with E-state index in [0.29, 0.717) is 16.6 Å². The van der Waals surface area contributed by atoms with Gasteiger partial charge in [0.15, 0.2) is 0 Å². The van der Waals surface area contributed by atoms with E-state index in [2.05, 4.69) is 10.3 Å². The quantitative estimate of drug-likeness (QED) is 0.302. The SMILES string of the molecule is Cc1ccc(-c2cn(C)c(=O)c3[nH]c(C(=O)Nc4ccc(C(=O)NO)cc4)cc23)cc1. The summed E-state index contributed by atoms with van der Waals surface area (Å²) in [6.07, 6.45) is 1.76. The summed E-state index contributed by atoms with van der Waals surface area (Å²) < 4.78 is 1.49. The lowest BCUT2D eigenvalue weighted by atomic mass is 10.0. The van der Waals surface area contributed by atoms with Crippen molar-refractivity contribution < 1.29 is 14.8 Å². The number of benzene rings is 2. The number of aromatic amines is 1. The average Bonchev–Trinajstić information content (AvgIpc) is 3.23. The van der Waals surface area contributed by atoms with Gasteiger partial charge in [-0.15, -0.1) is 0 Å². The maximum atomic E-state index is 12.8. The highest BCUT2D eigenvalue weighted by Gasteiger charge is 2.16. The number of H-pyrrole nitrogens is 1. The van der Waals surface area contributed by atoms with Gasteiger partial charge in [0, 0.05) is 35.4 Å². The molecule has 0 bridgehead atoms. The van der Waals surface area contributed by atoms with Crippen molar-refractivity contribution in [2.24, 2.45) is 7.05 Å². The van der Waals surface area contributed by atoms with Crippen molar-refractivity contribution in [3.05, 3.63) is 88.0 Å². The predicted octanol–water partition coefficient (Wildman–Crippen LogP) is 3.21. The Bertz CT molecular complexity index is 1350. The van der Waals surface area contributed by atoms with Crippen molar-refractivity contribution in [2.45, 2.75) is 6.92 Å². The van der Waals surface area contributed by atoms with Crippen LogP contribution in [0.5, 0.6) is 0 Å². The van der Waals surface area contributed by atoms with Crippen molar-refractivity contribution in [1.29, 1.82) is 0 Å². The first-order valence-corrected chi connectivity index (χ1v) is 9.52. The predicted molar refractivity (Wildman–Crippen MR) is 117 cm³/mol. The van der Waals surface area contributed by atoms with Crippen molar-refractivity contribution >= 4 is 28.4 Å². The number of carbonyl (C=O) groups is 2. The minimum absolute atomic E-state index is 0.232. The minimum atomic E-state index is -0.645. The number of anilines is 1. The van der Waals surface area contributed by atoms with Gasteiger partial charge in [0.05, 0.1) is 0 Å². The molecule has 0 saturated carbocycles. The van der Waals surface area contributed by atoms with Gasteiger partial charge in [-0.2, -0.15) is 0 Å². The zero-order valence-corrected chi connectivity index (χ0v) is 16.9. The van der Waals surface area contributed by atoms with E-state index in [1.165, 1.54) is 16.7 Å². The fraction of sp³-hybridized carbons (Fsp3) is 0.0870. The largest absolute Gasteiger partial charge is 0.346 e. The van der Waals surface area contributed by atoms with Crippen molar-refractivity contribution in [1.82, 2.24) is 15.0 Å². The van der Waals surface area contributed by atoms with Crippen LogP contribution in [0.4, 0.5) is 5.69 Å². The minimum Gasteiger partial charge on any atom is -0.346 e. The molecule has 0 saturated heterocycles. The number of carbonyl (C=O) groups excluding carboxylic acids is 2. The first kappa shape index (κ1) is 20.1. The maximum Gasteiger partial charge on any atom is 0.274 e. The van der Waals surface area contributed by atoms with Gasteiger partial charge in [-0.05, 0) is 42.8 Å². The molecule has 4 N–H and O–H groups in total. The van der Waals surface area contributed by atoms with Crippen LogP contribution in [0, 0.1) is 6.92 Å². The van der Waals surface area contributed by atoms with E-state index < -0.39 is 11.8 Å². The fourth-order valence-electron chi connectivity index (χ4n) is 3.39. The number of hydrogen-bond donors (Lipinski definition) is 4. The molecule has 31 heavy (non-hydrogen) atoms. The Labute approximate surface area is 177 Å². The second-order valence-corrected chi connectivity index (χ2v) is 7.27. The van der Waals surface area contributed by atoms with Crippen LogP contribution in [-0.2, 0) is 7.05 Å². The normalized spacial score (nSPS) is 10.8. The molecule has 4 rings (SSSR count). The Morgan fingerprint density at radius 1 is 1.00 bits per heavy atom. The summed E-state index contributed by atoms with van der Waals surface area (Å²) in [6.45, 7) is 2.00. The Balaban J connectivity index is 1.70. The van der Waals surface area contributed by atoms with E-state index in [4.69, 9.17) is 5.21 Å².